The Hall–Kier alpha value is -0.0800. The van der Waals surface area contributed by atoms with Gasteiger partial charge in [0.1, 0.15) is 0 Å². The van der Waals surface area contributed by atoms with Crippen LogP contribution in [0.3, 0.4) is 0 Å². The third-order valence-corrected chi connectivity index (χ3v) is 2.75. The Labute approximate surface area is 62.4 Å². The van der Waals surface area contributed by atoms with E-state index in [4.69, 9.17) is 9.78 Å². The molecule has 0 atom stereocenters. The van der Waals surface area contributed by atoms with E-state index in [2.05, 4.69) is 27.7 Å². The summed E-state index contributed by atoms with van der Waals surface area (Å²) in [4.78, 5) is 9.84. The number of rotatable bonds is 0. The molecule has 60 valence electrons. The molecule has 0 unspecified atom stereocenters. The minimum atomic E-state index is 0.227. The van der Waals surface area contributed by atoms with Crippen LogP contribution in [0.25, 0.3) is 0 Å². The average Bonchev–Trinajstić information content (AvgIpc) is 1.77. The second-order valence-electron chi connectivity index (χ2n) is 4.29. The molecular weight excluding hydrogens is 128 g/mol. The summed E-state index contributed by atoms with van der Waals surface area (Å²) in [6.45, 7) is 10.2. The standard InChI is InChI=1S/C8H16O2/c1-7(2)5-9-10-6-8(7,3)4/h5-6H2,1-4H3. The van der Waals surface area contributed by atoms with Crippen molar-refractivity contribution in [3.63, 3.8) is 0 Å². The summed E-state index contributed by atoms with van der Waals surface area (Å²) in [5, 5.41) is 0. The highest BCUT2D eigenvalue weighted by Crippen LogP contribution is 2.41. The van der Waals surface area contributed by atoms with Crippen molar-refractivity contribution >= 4 is 0 Å². The van der Waals surface area contributed by atoms with Gasteiger partial charge in [-0.2, -0.15) is 0 Å². The van der Waals surface area contributed by atoms with E-state index in [1.165, 1.54) is 0 Å². The molecule has 0 bridgehead atoms. The summed E-state index contributed by atoms with van der Waals surface area (Å²) in [6.07, 6.45) is 0. The molecule has 1 aliphatic rings. The summed E-state index contributed by atoms with van der Waals surface area (Å²) in [5.74, 6) is 0. The van der Waals surface area contributed by atoms with Gasteiger partial charge >= 0.3 is 0 Å². The predicted octanol–water partition coefficient (Wildman–Crippen LogP) is 2.00. The molecule has 1 heterocycles. The second kappa shape index (κ2) is 2.21. The van der Waals surface area contributed by atoms with Crippen molar-refractivity contribution in [1.29, 1.82) is 0 Å². The quantitative estimate of drug-likeness (QED) is 0.484. The molecule has 0 aromatic carbocycles. The van der Waals surface area contributed by atoms with Crippen molar-refractivity contribution in [3.05, 3.63) is 0 Å². The molecule has 10 heavy (non-hydrogen) atoms. The van der Waals surface area contributed by atoms with Crippen molar-refractivity contribution in [2.75, 3.05) is 13.2 Å². The van der Waals surface area contributed by atoms with Gasteiger partial charge in [0, 0.05) is 0 Å². The highest BCUT2D eigenvalue weighted by molar-refractivity contribution is 4.86. The van der Waals surface area contributed by atoms with Gasteiger partial charge in [-0.3, -0.25) is 0 Å². The molecule has 0 radical (unpaired) electrons. The molecule has 2 nitrogen and oxygen atoms in total. The maximum absolute atomic E-state index is 4.92. The zero-order chi connectivity index (χ0) is 7.83. The average molecular weight is 144 g/mol. The van der Waals surface area contributed by atoms with Crippen LogP contribution in [0.15, 0.2) is 0 Å². The van der Waals surface area contributed by atoms with E-state index in [1.54, 1.807) is 0 Å². The van der Waals surface area contributed by atoms with Crippen molar-refractivity contribution in [3.8, 4) is 0 Å². The normalized spacial score (nSPS) is 30.0. The minimum absolute atomic E-state index is 0.227. The van der Waals surface area contributed by atoms with E-state index in [9.17, 15) is 0 Å². The minimum Gasteiger partial charge on any atom is -0.236 e. The van der Waals surface area contributed by atoms with Crippen molar-refractivity contribution < 1.29 is 9.78 Å². The molecule has 0 spiro atoms. The van der Waals surface area contributed by atoms with Gasteiger partial charge in [0.25, 0.3) is 0 Å². The molecule has 2 heteroatoms. The fraction of sp³-hybridized carbons (Fsp3) is 1.00. The number of hydrogen-bond donors (Lipinski definition) is 0. The topological polar surface area (TPSA) is 18.5 Å². The first-order valence-electron chi connectivity index (χ1n) is 3.70. The first-order valence-corrected chi connectivity index (χ1v) is 3.70. The highest BCUT2D eigenvalue weighted by Gasteiger charge is 2.41. The van der Waals surface area contributed by atoms with Crippen LogP contribution >= 0.6 is 0 Å². The highest BCUT2D eigenvalue weighted by atomic mass is 17.2. The summed E-state index contributed by atoms with van der Waals surface area (Å²) >= 11 is 0. The maximum Gasteiger partial charge on any atom is 0.0879 e. The SMILES string of the molecule is CC1(C)COOCC1(C)C. The maximum atomic E-state index is 4.92. The van der Waals surface area contributed by atoms with E-state index in [0.717, 1.165) is 0 Å². The van der Waals surface area contributed by atoms with Crippen molar-refractivity contribution in [2.45, 2.75) is 27.7 Å². The summed E-state index contributed by atoms with van der Waals surface area (Å²) in [5.41, 5.74) is 0.455. The van der Waals surface area contributed by atoms with Gasteiger partial charge < -0.3 is 0 Å². The Morgan fingerprint density at radius 1 is 0.800 bits per heavy atom. The van der Waals surface area contributed by atoms with E-state index in [1.807, 2.05) is 0 Å². The summed E-state index contributed by atoms with van der Waals surface area (Å²) in [7, 11) is 0. The van der Waals surface area contributed by atoms with Crippen molar-refractivity contribution in [1.82, 2.24) is 0 Å². The largest absolute Gasteiger partial charge is 0.236 e. The van der Waals surface area contributed by atoms with Crippen LogP contribution in [0.5, 0.6) is 0 Å². The lowest BCUT2D eigenvalue weighted by Gasteiger charge is -2.43. The first kappa shape index (κ1) is 8.02. The molecule has 1 saturated heterocycles. The first-order chi connectivity index (χ1) is 4.46. The fourth-order valence-corrected chi connectivity index (χ4v) is 0.769. The zero-order valence-corrected chi connectivity index (χ0v) is 7.23. The van der Waals surface area contributed by atoms with E-state index in [0.29, 0.717) is 13.2 Å². The van der Waals surface area contributed by atoms with Gasteiger partial charge in [-0.25, -0.2) is 9.78 Å². The van der Waals surface area contributed by atoms with E-state index < -0.39 is 0 Å². The third kappa shape index (κ3) is 1.18. The molecule has 1 fully saturated rings. The van der Waals surface area contributed by atoms with Gasteiger partial charge in [0.15, 0.2) is 0 Å². The zero-order valence-electron chi connectivity index (χ0n) is 7.23. The Kier molecular flexibility index (Phi) is 1.77. The number of hydrogen-bond acceptors (Lipinski definition) is 2. The van der Waals surface area contributed by atoms with Crippen LogP contribution in [-0.4, -0.2) is 13.2 Å². The smallest absolute Gasteiger partial charge is 0.0879 e. The molecular formula is C8H16O2. The fourth-order valence-electron chi connectivity index (χ4n) is 0.769. The lowest BCUT2D eigenvalue weighted by atomic mass is 9.69. The van der Waals surface area contributed by atoms with Gasteiger partial charge in [0.2, 0.25) is 0 Å². The summed E-state index contributed by atoms with van der Waals surface area (Å²) < 4.78 is 0. The molecule has 1 aliphatic heterocycles. The van der Waals surface area contributed by atoms with Crippen LogP contribution in [0.2, 0.25) is 0 Å². The Morgan fingerprint density at radius 3 is 1.30 bits per heavy atom. The predicted molar refractivity (Wildman–Crippen MR) is 39.5 cm³/mol. The van der Waals surface area contributed by atoms with Gasteiger partial charge in [-0.15, -0.1) is 0 Å². The molecule has 0 aliphatic carbocycles. The van der Waals surface area contributed by atoms with Crippen LogP contribution in [0.1, 0.15) is 27.7 Å². The lowest BCUT2D eigenvalue weighted by Crippen LogP contribution is -2.44. The van der Waals surface area contributed by atoms with Crippen LogP contribution in [0.4, 0.5) is 0 Å². The van der Waals surface area contributed by atoms with Gasteiger partial charge in [0.05, 0.1) is 13.2 Å². The molecule has 1 rings (SSSR count). The Bertz CT molecular complexity index is 111. The summed E-state index contributed by atoms with van der Waals surface area (Å²) in [6, 6.07) is 0. The van der Waals surface area contributed by atoms with Crippen LogP contribution < -0.4 is 0 Å². The molecule has 0 aromatic rings. The van der Waals surface area contributed by atoms with E-state index >= 15 is 0 Å². The molecule has 0 N–H and O–H groups in total. The van der Waals surface area contributed by atoms with E-state index in [-0.39, 0.29) is 10.8 Å². The second-order valence-corrected chi connectivity index (χ2v) is 4.29. The molecule has 0 saturated carbocycles. The molecule has 0 aromatic heterocycles. The van der Waals surface area contributed by atoms with Crippen LogP contribution in [-0.2, 0) is 9.78 Å². The van der Waals surface area contributed by atoms with Gasteiger partial charge in [-0.1, -0.05) is 27.7 Å². The Balaban J connectivity index is 2.70. The molecule has 0 amide bonds. The van der Waals surface area contributed by atoms with Crippen molar-refractivity contribution in [2.24, 2.45) is 10.8 Å². The Morgan fingerprint density at radius 2 is 1.10 bits per heavy atom. The lowest BCUT2D eigenvalue weighted by molar-refractivity contribution is -0.366. The van der Waals surface area contributed by atoms with Crippen LogP contribution in [0, 0.1) is 10.8 Å². The van der Waals surface area contributed by atoms with Gasteiger partial charge in [-0.05, 0) is 10.8 Å². The third-order valence-electron chi connectivity index (χ3n) is 2.75. The monoisotopic (exact) mass is 144 g/mol.